The van der Waals surface area contributed by atoms with Crippen LogP contribution in [0.5, 0.6) is 5.75 Å². The van der Waals surface area contributed by atoms with E-state index in [2.05, 4.69) is 15.2 Å². The van der Waals surface area contributed by atoms with Crippen molar-refractivity contribution >= 4 is 0 Å². The fourth-order valence-electron chi connectivity index (χ4n) is 3.77. The molecular weight excluding hydrogens is 344 g/mol. The summed E-state index contributed by atoms with van der Waals surface area (Å²) >= 11 is 0. The van der Waals surface area contributed by atoms with Crippen LogP contribution in [0.4, 0.5) is 0 Å². The maximum atomic E-state index is 5.96. The number of ether oxygens (including phenoxy) is 1. The molecule has 1 saturated heterocycles. The van der Waals surface area contributed by atoms with Gasteiger partial charge in [-0.05, 0) is 63.9 Å². The lowest BCUT2D eigenvalue weighted by molar-refractivity contribution is 0.228. The Labute approximate surface area is 158 Å². The first kappa shape index (κ1) is 17.7. The largest absolute Gasteiger partial charge is 0.496 e. The van der Waals surface area contributed by atoms with E-state index in [-0.39, 0.29) is 6.04 Å². The van der Waals surface area contributed by atoms with Gasteiger partial charge in [0.15, 0.2) is 0 Å². The molecule has 0 aliphatic carbocycles. The third-order valence-corrected chi connectivity index (χ3v) is 5.25. The van der Waals surface area contributed by atoms with Crippen LogP contribution < -0.4 is 4.74 Å². The first-order valence-corrected chi connectivity index (χ1v) is 9.21. The fourth-order valence-corrected chi connectivity index (χ4v) is 3.77. The Bertz CT molecular complexity index is 947. The summed E-state index contributed by atoms with van der Waals surface area (Å²) in [6.07, 6.45) is 2.18. The number of nitrogens with zero attached hydrogens (tertiary/aromatic N) is 4. The number of rotatable bonds is 5. The van der Waals surface area contributed by atoms with Crippen LogP contribution in [0.15, 0.2) is 27.2 Å². The number of aromatic nitrogens is 3. The quantitative estimate of drug-likeness (QED) is 0.673. The van der Waals surface area contributed by atoms with E-state index in [0.29, 0.717) is 5.89 Å². The van der Waals surface area contributed by atoms with E-state index in [0.717, 1.165) is 65.6 Å². The van der Waals surface area contributed by atoms with Gasteiger partial charge >= 0.3 is 0 Å². The number of hydrogen-bond donors (Lipinski definition) is 0. The Balaban J connectivity index is 1.57. The summed E-state index contributed by atoms with van der Waals surface area (Å²) < 4.78 is 16.2. The molecule has 3 heterocycles. The summed E-state index contributed by atoms with van der Waals surface area (Å²) in [7, 11) is 1.67. The van der Waals surface area contributed by atoms with Crippen molar-refractivity contribution in [1.29, 1.82) is 0 Å². The maximum absolute atomic E-state index is 5.96. The van der Waals surface area contributed by atoms with Crippen molar-refractivity contribution in [3.8, 4) is 17.2 Å². The molecule has 0 N–H and O–H groups in total. The molecule has 0 amide bonds. The third-order valence-electron chi connectivity index (χ3n) is 5.25. The van der Waals surface area contributed by atoms with Crippen LogP contribution >= 0.6 is 0 Å². The summed E-state index contributed by atoms with van der Waals surface area (Å²) in [6.45, 7) is 7.65. The Morgan fingerprint density at radius 2 is 2.07 bits per heavy atom. The van der Waals surface area contributed by atoms with E-state index in [9.17, 15) is 0 Å². The minimum Gasteiger partial charge on any atom is -0.496 e. The minimum absolute atomic E-state index is 0.221. The van der Waals surface area contributed by atoms with Crippen molar-refractivity contribution in [2.45, 2.75) is 46.2 Å². The molecule has 0 spiro atoms. The SMILES string of the molecule is COc1ccc(-c2nc(CN3CCC[C@H]3c3nonc3C)c(C)o2)cc1C. The third kappa shape index (κ3) is 3.35. The van der Waals surface area contributed by atoms with Crippen LogP contribution in [-0.4, -0.2) is 33.9 Å². The zero-order chi connectivity index (χ0) is 19.0. The number of aryl methyl sites for hydroxylation is 3. The summed E-state index contributed by atoms with van der Waals surface area (Å²) in [4.78, 5) is 7.15. The van der Waals surface area contributed by atoms with Gasteiger partial charge in [0.05, 0.1) is 18.8 Å². The van der Waals surface area contributed by atoms with Gasteiger partial charge in [-0.3, -0.25) is 4.90 Å². The zero-order valence-corrected chi connectivity index (χ0v) is 16.2. The normalized spacial score (nSPS) is 17.6. The number of likely N-dealkylation sites (tertiary alicyclic amines) is 1. The molecule has 1 fully saturated rings. The minimum atomic E-state index is 0.221. The van der Waals surface area contributed by atoms with Crippen molar-refractivity contribution in [1.82, 2.24) is 20.2 Å². The average Bonchev–Trinajstić information content (AvgIpc) is 3.36. The van der Waals surface area contributed by atoms with Gasteiger partial charge in [-0.15, -0.1) is 0 Å². The summed E-state index contributed by atoms with van der Waals surface area (Å²) in [6, 6.07) is 6.18. The molecule has 1 aliphatic rings. The van der Waals surface area contributed by atoms with E-state index in [1.54, 1.807) is 7.11 Å². The standard InChI is InChI=1S/C20H24N4O3/c1-12-10-15(7-8-18(12)25-4)20-21-16(14(3)26-20)11-24-9-5-6-17(24)19-13(2)22-27-23-19/h7-8,10,17H,5-6,9,11H2,1-4H3/t17-/m0/s1. The van der Waals surface area contributed by atoms with Crippen LogP contribution in [0.25, 0.3) is 11.5 Å². The molecule has 7 heteroatoms. The van der Waals surface area contributed by atoms with Crippen molar-refractivity contribution in [2.24, 2.45) is 0 Å². The summed E-state index contributed by atoms with van der Waals surface area (Å²) in [5.74, 6) is 2.35. The number of hydrogen-bond acceptors (Lipinski definition) is 7. The van der Waals surface area contributed by atoms with E-state index in [1.807, 2.05) is 39.0 Å². The molecule has 0 saturated carbocycles. The van der Waals surface area contributed by atoms with Gasteiger partial charge in [0.2, 0.25) is 5.89 Å². The monoisotopic (exact) mass is 368 g/mol. The summed E-state index contributed by atoms with van der Waals surface area (Å²) in [5.41, 5.74) is 4.76. The molecule has 142 valence electrons. The highest BCUT2D eigenvalue weighted by Crippen LogP contribution is 2.34. The van der Waals surface area contributed by atoms with Gasteiger partial charge in [0.1, 0.15) is 22.9 Å². The van der Waals surface area contributed by atoms with Crippen LogP contribution in [0.3, 0.4) is 0 Å². The highest BCUT2D eigenvalue weighted by molar-refractivity contribution is 5.57. The van der Waals surface area contributed by atoms with Gasteiger partial charge in [-0.25, -0.2) is 9.61 Å². The number of benzene rings is 1. The average molecular weight is 368 g/mol. The second-order valence-corrected chi connectivity index (χ2v) is 7.07. The van der Waals surface area contributed by atoms with Crippen molar-refractivity contribution in [3.05, 3.63) is 46.6 Å². The lowest BCUT2D eigenvalue weighted by Gasteiger charge is -2.21. The van der Waals surface area contributed by atoms with Gasteiger partial charge in [0, 0.05) is 12.1 Å². The van der Waals surface area contributed by atoms with Crippen molar-refractivity contribution in [3.63, 3.8) is 0 Å². The smallest absolute Gasteiger partial charge is 0.226 e. The first-order chi connectivity index (χ1) is 13.1. The number of methoxy groups -OCH3 is 1. The fraction of sp³-hybridized carbons (Fsp3) is 0.450. The molecule has 0 unspecified atom stereocenters. The van der Waals surface area contributed by atoms with E-state index >= 15 is 0 Å². The Hall–Kier alpha value is -2.67. The van der Waals surface area contributed by atoms with Crippen LogP contribution in [0.2, 0.25) is 0 Å². The zero-order valence-electron chi connectivity index (χ0n) is 16.2. The predicted molar refractivity (Wildman–Crippen MR) is 99.4 cm³/mol. The maximum Gasteiger partial charge on any atom is 0.226 e. The first-order valence-electron chi connectivity index (χ1n) is 9.21. The van der Waals surface area contributed by atoms with E-state index in [4.69, 9.17) is 18.8 Å². The Morgan fingerprint density at radius 3 is 2.78 bits per heavy atom. The van der Waals surface area contributed by atoms with E-state index in [1.165, 1.54) is 0 Å². The molecule has 27 heavy (non-hydrogen) atoms. The molecule has 0 radical (unpaired) electrons. The molecule has 0 bridgehead atoms. The second-order valence-electron chi connectivity index (χ2n) is 7.07. The highest BCUT2D eigenvalue weighted by atomic mass is 16.6. The second kappa shape index (κ2) is 7.15. The van der Waals surface area contributed by atoms with Crippen LogP contribution in [0.1, 0.15) is 47.3 Å². The lowest BCUT2D eigenvalue weighted by atomic mass is 10.1. The molecular formula is C20H24N4O3. The van der Waals surface area contributed by atoms with Crippen LogP contribution in [0, 0.1) is 20.8 Å². The molecule has 2 aromatic heterocycles. The van der Waals surface area contributed by atoms with Gasteiger partial charge in [0.25, 0.3) is 0 Å². The molecule has 3 aromatic rings. The molecule has 1 aliphatic heterocycles. The van der Waals surface area contributed by atoms with Crippen molar-refractivity contribution in [2.75, 3.05) is 13.7 Å². The van der Waals surface area contributed by atoms with E-state index < -0.39 is 0 Å². The highest BCUT2D eigenvalue weighted by Gasteiger charge is 2.31. The lowest BCUT2D eigenvalue weighted by Crippen LogP contribution is -2.24. The number of oxazole rings is 1. The molecule has 1 aromatic carbocycles. The van der Waals surface area contributed by atoms with Gasteiger partial charge in [-0.1, -0.05) is 10.3 Å². The predicted octanol–water partition coefficient (Wildman–Crippen LogP) is 4.00. The molecule has 7 nitrogen and oxygen atoms in total. The van der Waals surface area contributed by atoms with Gasteiger partial charge in [-0.2, -0.15) is 0 Å². The van der Waals surface area contributed by atoms with Crippen LogP contribution in [-0.2, 0) is 6.54 Å². The van der Waals surface area contributed by atoms with Crippen molar-refractivity contribution < 1.29 is 13.8 Å². The summed E-state index contributed by atoms with van der Waals surface area (Å²) in [5, 5.41) is 8.04. The Morgan fingerprint density at radius 1 is 1.22 bits per heavy atom. The molecule has 4 rings (SSSR count). The Kier molecular flexibility index (Phi) is 4.70. The molecule has 1 atom stereocenters. The topological polar surface area (TPSA) is 77.4 Å². The van der Waals surface area contributed by atoms with Gasteiger partial charge < -0.3 is 9.15 Å².